The molecular formula is C10H16ClNO. The monoisotopic (exact) mass is 201 g/mol. The minimum absolute atomic E-state index is 0.0451. The van der Waals surface area contributed by atoms with E-state index in [4.69, 9.17) is 11.6 Å². The molecule has 0 heterocycles. The Balaban J connectivity index is 2.68. The quantitative estimate of drug-likeness (QED) is 0.684. The topological polar surface area (TPSA) is 29.1 Å². The molecule has 1 amide bonds. The predicted molar refractivity (Wildman–Crippen MR) is 54.6 cm³/mol. The van der Waals surface area contributed by atoms with Crippen molar-refractivity contribution in [2.75, 3.05) is 5.88 Å². The lowest BCUT2D eigenvalue weighted by Crippen LogP contribution is -2.29. The molecule has 0 aliphatic heterocycles. The molecule has 1 N–H and O–H groups in total. The highest BCUT2D eigenvalue weighted by molar-refractivity contribution is 6.27. The second kappa shape index (κ2) is 4.66. The van der Waals surface area contributed by atoms with Crippen molar-refractivity contribution in [3.05, 3.63) is 11.3 Å². The first-order valence-electron chi connectivity index (χ1n) is 4.70. The van der Waals surface area contributed by atoms with Gasteiger partial charge in [-0.15, -0.1) is 11.6 Å². The van der Waals surface area contributed by atoms with E-state index in [0.717, 1.165) is 18.5 Å². The largest absolute Gasteiger partial charge is 0.329 e. The molecular weight excluding hydrogens is 186 g/mol. The van der Waals surface area contributed by atoms with Crippen LogP contribution in [0.1, 0.15) is 33.1 Å². The zero-order chi connectivity index (χ0) is 9.84. The van der Waals surface area contributed by atoms with Crippen LogP contribution in [0, 0.1) is 5.92 Å². The number of carbonyl (C=O) groups is 1. The number of halogens is 1. The highest BCUT2D eigenvalue weighted by atomic mass is 35.5. The van der Waals surface area contributed by atoms with Crippen molar-refractivity contribution in [3.8, 4) is 0 Å². The smallest absolute Gasteiger partial charge is 0.239 e. The molecule has 1 aliphatic carbocycles. The number of rotatable bonds is 2. The molecule has 0 bridgehead atoms. The van der Waals surface area contributed by atoms with Crippen molar-refractivity contribution in [2.45, 2.75) is 33.1 Å². The van der Waals surface area contributed by atoms with Crippen LogP contribution in [0.4, 0.5) is 0 Å². The Bertz CT molecular complexity index is 235. The van der Waals surface area contributed by atoms with Gasteiger partial charge < -0.3 is 5.32 Å². The zero-order valence-electron chi connectivity index (χ0n) is 8.19. The van der Waals surface area contributed by atoms with Crippen LogP contribution in [0.2, 0.25) is 0 Å². The molecule has 0 spiro atoms. The number of nitrogens with one attached hydrogen (secondary N) is 1. The summed E-state index contributed by atoms with van der Waals surface area (Å²) in [6.07, 6.45) is 3.49. The van der Waals surface area contributed by atoms with Gasteiger partial charge in [0.1, 0.15) is 5.88 Å². The maximum atomic E-state index is 11.1. The number of carbonyl (C=O) groups excluding carboxylic acids is 1. The van der Waals surface area contributed by atoms with Crippen LogP contribution in [0.5, 0.6) is 0 Å². The van der Waals surface area contributed by atoms with Gasteiger partial charge in [0.25, 0.3) is 0 Å². The Morgan fingerprint density at radius 2 is 2.38 bits per heavy atom. The van der Waals surface area contributed by atoms with Gasteiger partial charge in [-0.25, -0.2) is 0 Å². The molecule has 0 fully saturated rings. The second-order valence-corrected chi connectivity index (χ2v) is 3.94. The van der Waals surface area contributed by atoms with Gasteiger partial charge in [0.15, 0.2) is 0 Å². The molecule has 0 radical (unpaired) electrons. The molecule has 1 unspecified atom stereocenters. The van der Waals surface area contributed by atoms with Gasteiger partial charge >= 0.3 is 0 Å². The van der Waals surface area contributed by atoms with E-state index >= 15 is 0 Å². The summed E-state index contributed by atoms with van der Waals surface area (Å²) in [6.45, 7) is 4.23. The molecule has 0 aromatic rings. The van der Waals surface area contributed by atoms with Crippen molar-refractivity contribution in [2.24, 2.45) is 5.92 Å². The lowest BCUT2D eigenvalue weighted by Gasteiger charge is -2.24. The molecule has 3 heteroatoms. The number of allylic oxidation sites excluding steroid dienone is 2. The van der Waals surface area contributed by atoms with Gasteiger partial charge in [-0.3, -0.25) is 4.79 Å². The van der Waals surface area contributed by atoms with Crippen LogP contribution in [0.15, 0.2) is 11.3 Å². The molecule has 1 aliphatic rings. The highest BCUT2D eigenvalue weighted by Gasteiger charge is 2.18. The van der Waals surface area contributed by atoms with E-state index in [-0.39, 0.29) is 11.8 Å². The molecule has 2 nitrogen and oxygen atoms in total. The average Bonchev–Trinajstić information content (AvgIpc) is 2.11. The maximum Gasteiger partial charge on any atom is 0.239 e. The van der Waals surface area contributed by atoms with Crippen LogP contribution in [0.3, 0.4) is 0 Å². The third kappa shape index (κ3) is 2.73. The molecule has 0 aromatic carbocycles. The van der Waals surface area contributed by atoms with Crippen LogP contribution >= 0.6 is 11.6 Å². The van der Waals surface area contributed by atoms with E-state index in [1.54, 1.807) is 0 Å². The fourth-order valence-corrected chi connectivity index (χ4v) is 1.85. The SMILES string of the molecule is CC1=C(NC(=O)CCl)C(C)CCC1. The van der Waals surface area contributed by atoms with E-state index in [9.17, 15) is 4.79 Å². The van der Waals surface area contributed by atoms with Crippen LogP contribution < -0.4 is 5.32 Å². The first-order valence-corrected chi connectivity index (χ1v) is 5.24. The number of hydrogen-bond acceptors (Lipinski definition) is 1. The van der Waals surface area contributed by atoms with Gasteiger partial charge in [-0.1, -0.05) is 12.5 Å². The van der Waals surface area contributed by atoms with Gasteiger partial charge in [0, 0.05) is 5.70 Å². The molecule has 13 heavy (non-hydrogen) atoms. The van der Waals surface area contributed by atoms with Crippen molar-refractivity contribution >= 4 is 17.5 Å². The summed E-state index contributed by atoms with van der Waals surface area (Å²) in [5, 5.41) is 2.88. The summed E-state index contributed by atoms with van der Waals surface area (Å²) < 4.78 is 0. The fraction of sp³-hybridized carbons (Fsp3) is 0.700. The molecule has 1 rings (SSSR count). The summed E-state index contributed by atoms with van der Waals surface area (Å²) in [6, 6.07) is 0. The summed E-state index contributed by atoms with van der Waals surface area (Å²) in [4.78, 5) is 11.1. The summed E-state index contributed by atoms with van der Waals surface area (Å²) in [5.74, 6) is 0.425. The molecule has 0 saturated heterocycles. The first-order chi connectivity index (χ1) is 6.15. The van der Waals surface area contributed by atoms with Crippen LogP contribution in [-0.2, 0) is 4.79 Å². The van der Waals surface area contributed by atoms with E-state index in [0.29, 0.717) is 5.92 Å². The lowest BCUT2D eigenvalue weighted by atomic mass is 9.89. The molecule has 0 aromatic heterocycles. The Kier molecular flexibility index (Phi) is 3.79. The van der Waals surface area contributed by atoms with Crippen LogP contribution in [0.25, 0.3) is 0 Å². The normalized spacial score (nSPS) is 23.2. The summed E-state index contributed by atoms with van der Waals surface area (Å²) >= 11 is 5.43. The zero-order valence-corrected chi connectivity index (χ0v) is 8.95. The maximum absolute atomic E-state index is 11.1. The van der Waals surface area contributed by atoms with E-state index < -0.39 is 0 Å². The molecule has 0 saturated carbocycles. The van der Waals surface area contributed by atoms with E-state index in [2.05, 4.69) is 19.2 Å². The van der Waals surface area contributed by atoms with Gasteiger partial charge in [0.05, 0.1) is 0 Å². The molecule has 74 valence electrons. The van der Waals surface area contributed by atoms with Crippen molar-refractivity contribution < 1.29 is 4.79 Å². The van der Waals surface area contributed by atoms with Crippen LogP contribution in [-0.4, -0.2) is 11.8 Å². The number of amides is 1. The lowest BCUT2D eigenvalue weighted by molar-refractivity contribution is -0.118. The Hall–Kier alpha value is -0.500. The fourth-order valence-electron chi connectivity index (χ4n) is 1.79. The molecule has 1 atom stereocenters. The third-order valence-electron chi connectivity index (χ3n) is 2.54. The minimum atomic E-state index is -0.0928. The van der Waals surface area contributed by atoms with Gasteiger partial charge in [-0.05, 0) is 32.1 Å². The van der Waals surface area contributed by atoms with Gasteiger partial charge in [-0.2, -0.15) is 0 Å². The van der Waals surface area contributed by atoms with E-state index in [1.165, 1.54) is 12.0 Å². The van der Waals surface area contributed by atoms with Crippen molar-refractivity contribution in [1.29, 1.82) is 0 Å². The standard InChI is InChI=1S/C10H16ClNO/c1-7-4-3-5-8(2)10(7)12-9(13)6-11/h7H,3-6H2,1-2H3,(H,12,13). The number of hydrogen-bond donors (Lipinski definition) is 1. The first kappa shape index (κ1) is 10.6. The summed E-state index contributed by atoms with van der Waals surface area (Å²) in [7, 11) is 0. The Morgan fingerprint density at radius 1 is 1.69 bits per heavy atom. The summed E-state index contributed by atoms with van der Waals surface area (Å²) in [5.41, 5.74) is 2.40. The Morgan fingerprint density at radius 3 is 2.92 bits per heavy atom. The second-order valence-electron chi connectivity index (χ2n) is 3.67. The highest BCUT2D eigenvalue weighted by Crippen LogP contribution is 2.27. The van der Waals surface area contributed by atoms with Gasteiger partial charge in [0.2, 0.25) is 5.91 Å². The van der Waals surface area contributed by atoms with Crippen molar-refractivity contribution in [1.82, 2.24) is 5.32 Å². The van der Waals surface area contributed by atoms with E-state index in [1.807, 2.05) is 0 Å². The predicted octanol–water partition coefficient (Wildman–Crippen LogP) is 2.44. The average molecular weight is 202 g/mol. The number of alkyl halides is 1. The minimum Gasteiger partial charge on any atom is -0.329 e. The third-order valence-corrected chi connectivity index (χ3v) is 2.78. The Labute approximate surface area is 84.3 Å². The van der Waals surface area contributed by atoms with Crippen molar-refractivity contribution in [3.63, 3.8) is 0 Å².